The first kappa shape index (κ1) is 17.2. The molecule has 9 heteroatoms. The molecule has 1 aliphatic heterocycles. The summed E-state index contributed by atoms with van der Waals surface area (Å²) in [6.07, 6.45) is 3.34. The fourth-order valence-corrected chi connectivity index (χ4v) is 3.50. The molecule has 0 saturated carbocycles. The lowest BCUT2D eigenvalue weighted by molar-refractivity contribution is 0.0617. The van der Waals surface area contributed by atoms with Crippen LogP contribution in [0.5, 0.6) is 0 Å². The number of benzene rings is 1. The number of hydrogen-bond acceptors (Lipinski definition) is 5. The largest absolute Gasteiger partial charge is 0.333 e. The highest BCUT2D eigenvalue weighted by molar-refractivity contribution is 6.35. The summed E-state index contributed by atoms with van der Waals surface area (Å²) in [6, 6.07) is 7.26. The molecule has 134 valence electrons. The highest BCUT2D eigenvalue weighted by Gasteiger charge is 2.25. The van der Waals surface area contributed by atoms with Gasteiger partial charge < -0.3 is 4.90 Å². The zero-order valence-electron chi connectivity index (χ0n) is 13.8. The number of carbonyl (C=O) groups is 1. The molecule has 1 aliphatic rings. The standard InChI is InChI=1S/C17H16Cl2N6O/c18-13-3-1-4-14(19)12(13)11-23-7-9-24(10-8-23)16(26)15-21-17-20-5-2-6-25(17)22-15/h1-6H,7-11H2. The Morgan fingerprint density at radius 1 is 1.08 bits per heavy atom. The Morgan fingerprint density at radius 3 is 2.50 bits per heavy atom. The third-order valence-electron chi connectivity index (χ3n) is 4.41. The molecule has 0 aliphatic carbocycles. The van der Waals surface area contributed by atoms with Crippen LogP contribution in [-0.2, 0) is 6.54 Å². The lowest BCUT2D eigenvalue weighted by atomic mass is 10.2. The Hall–Kier alpha value is -2.22. The number of nitrogens with zero attached hydrogens (tertiary/aromatic N) is 6. The van der Waals surface area contributed by atoms with Gasteiger partial charge in [-0.3, -0.25) is 9.69 Å². The van der Waals surface area contributed by atoms with Crippen molar-refractivity contribution in [1.29, 1.82) is 0 Å². The van der Waals surface area contributed by atoms with E-state index in [1.165, 1.54) is 4.52 Å². The van der Waals surface area contributed by atoms with Crippen molar-refractivity contribution in [3.05, 3.63) is 58.1 Å². The summed E-state index contributed by atoms with van der Waals surface area (Å²) in [7, 11) is 0. The minimum absolute atomic E-state index is 0.172. The van der Waals surface area contributed by atoms with Gasteiger partial charge >= 0.3 is 0 Å². The first-order valence-electron chi connectivity index (χ1n) is 8.24. The summed E-state index contributed by atoms with van der Waals surface area (Å²) >= 11 is 12.5. The van der Waals surface area contributed by atoms with Crippen molar-refractivity contribution in [2.45, 2.75) is 6.54 Å². The number of fused-ring (bicyclic) bond motifs is 1. The predicted molar refractivity (Wildman–Crippen MR) is 98.4 cm³/mol. The second-order valence-corrected chi connectivity index (χ2v) is 6.88. The first-order chi connectivity index (χ1) is 12.6. The second kappa shape index (κ2) is 7.19. The van der Waals surface area contributed by atoms with Crippen molar-refractivity contribution in [3.63, 3.8) is 0 Å². The summed E-state index contributed by atoms with van der Waals surface area (Å²) in [5, 5.41) is 5.53. The van der Waals surface area contributed by atoms with Crippen molar-refractivity contribution < 1.29 is 4.79 Å². The summed E-state index contributed by atoms with van der Waals surface area (Å²) in [5.41, 5.74) is 0.920. The molecular formula is C17H16Cl2N6O. The Bertz CT molecular complexity index is 898. The molecule has 0 N–H and O–H groups in total. The Kier molecular flexibility index (Phi) is 4.76. The maximum absolute atomic E-state index is 12.6. The maximum Gasteiger partial charge on any atom is 0.293 e. The van der Waals surface area contributed by atoms with Crippen LogP contribution in [0.4, 0.5) is 0 Å². The molecule has 0 spiro atoms. The Balaban J connectivity index is 1.41. The van der Waals surface area contributed by atoms with Crippen LogP contribution in [0.25, 0.3) is 5.78 Å². The van der Waals surface area contributed by atoms with Crippen molar-refractivity contribution in [2.24, 2.45) is 0 Å². The number of piperazine rings is 1. The van der Waals surface area contributed by atoms with E-state index in [1.54, 1.807) is 23.4 Å². The third-order valence-corrected chi connectivity index (χ3v) is 5.12. The molecule has 7 nitrogen and oxygen atoms in total. The second-order valence-electron chi connectivity index (χ2n) is 6.07. The van der Waals surface area contributed by atoms with Crippen LogP contribution in [0.15, 0.2) is 36.7 Å². The van der Waals surface area contributed by atoms with Gasteiger partial charge in [-0.1, -0.05) is 29.3 Å². The normalized spacial score (nSPS) is 15.5. The van der Waals surface area contributed by atoms with Crippen LogP contribution in [0.3, 0.4) is 0 Å². The molecule has 1 aromatic carbocycles. The van der Waals surface area contributed by atoms with Gasteiger partial charge in [0.1, 0.15) is 0 Å². The highest BCUT2D eigenvalue weighted by atomic mass is 35.5. The van der Waals surface area contributed by atoms with E-state index in [0.29, 0.717) is 35.5 Å². The summed E-state index contributed by atoms with van der Waals surface area (Å²) in [5.74, 6) is 0.417. The van der Waals surface area contributed by atoms with Crippen LogP contribution in [0.2, 0.25) is 10.0 Å². The highest BCUT2D eigenvalue weighted by Crippen LogP contribution is 2.26. The van der Waals surface area contributed by atoms with E-state index in [9.17, 15) is 4.79 Å². The minimum atomic E-state index is -0.175. The van der Waals surface area contributed by atoms with Gasteiger partial charge in [-0.25, -0.2) is 9.50 Å². The molecule has 0 atom stereocenters. The molecule has 2 aromatic heterocycles. The third kappa shape index (κ3) is 3.38. The fourth-order valence-electron chi connectivity index (χ4n) is 2.98. The minimum Gasteiger partial charge on any atom is -0.333 e. The van der Waals surface area contributed by atoms with Gasteiger partial charge in [-0.05, 0) is 18.2 Å². The topological polar surface area (TPSA) is 66.6 Å². The average molecular weight is 391 g/mol. The van der Waals surface area contributed by atoms with Gasteiger partial charge in [0, 0.05) is 60.7 Å². The van der Waals surface area contributed by atoms with Crippen LogP contribution < -0.4 is 0 Å². The van der Waals surface area contributed by atoms with E-state index in [-0.39, 0.29) is 11.7 Å². The molecule has 1 fully saturated rings. The van der Waals surface area contributed by atoms with Crippen LogP contribution in [0.1, 0.15) is 16.2 Å². The number of halogens is 2. The number of amides is 1. The number of hydrogen-bond donors (Lipinski definition) is 0. The zero-order chi connectivity index (χ0) is 18.1. The summed E-state index contributed by atoms with van der Waals surface area (Å²) in [4.78, 5) is 24.9. The van der Waals surface area contributed by atoms with Gasteiger partial charge in [-0.2, -0.15) is 4.98 Å². The van der Waals surface area contributed by atoms with Gasteiger partial charge in [0.25, 0.3) is 11.7 Å². The molecule has 4 rings (SSSR count). The molecule has 26 heavy (non-hydrogen) atoms. The lowest BCUT2D eigenvalue weighted by Crippen LogP contribution is -2.48. The molecular weight excluding hydrogens is 375 g/mol. The van der Waals surface area contributed by atoms with E-state index < -0.39 is 0 Å². The van der Waals surface area contributed by atoms with E-state index in [1.807, 2.05) is 18.2 Å². The van der Waals surface area contributed by atoms with Gasteiger partial charge in [0.05, 0.1) is 0 Å². The van der Waals surface area contributed by atoms with Gasteiger partial charge in [-0.15, -0.1) is 5.10 Å². The fraction of sp³-hybridized carbons (Fsp3) is 0.294. The predicted octanol–water partition coefficient (Wildman–Crippen LogP) is 2.39. The Labute approximate surface area is 160 Å². The quantitative estimate of drug-likeness (QED) is 0.686. The molecule has 0 bridgehead atoms. The van der Waals surface area contributed by atoms with Crippen LogP contribution in [0, 0.1) is 0 Å². The van der Waals surface area contributed by atoms with Crippen LogP contribution >= 0.6 is 23.2 Å². The van der Waals surface area contributed by atoms with Crippen molar-refractivity contribution in [2.75, 3.05) is 26.2 Å². The van der Waals surface area contributed by atoms with Crippen molar-refractivity contribution in [1.82, 2.24) is 29.4 Å². The van der Waals surface area contributed by atoms with E-state index in [0.717, 1.165) is 18.7 Å². The van der Waals surface area contributed by atoms with Gasteiger partial charge in [0.15, 0.2) is 0 Å². The number of carbonyl (C=O) groups excluding carboxylic acids is 1. The SMILES string of the molecule is O=C(c1nc2ncccn2n1)N1CCN(Cc2c(Cl)cccc2Cl)CC1. The van der Waals surface area contributed by atoms with E-state index in [4.69, 9.17) is 23.2 Å². The smallest absolute Gasteiger partial charge is 0.293 e. The maximum atomic E-state index is 12.6. The molecule has 1 amide bonds. The molecule has 3 aromatic rings. The monoisotopic (exact) mass is 390 g/mol. The zero-order valence-corrected chi connectivity index (χ0v) is 15.4. The number of rotatable bonds is 3. The number of aromatic nitrogens is 4. The Morgan fingerprint density at radius 2 is 1.81 bits per heavy atom. The van der Waals surface area contributed by atoms with E-state index in [2.05, 4.69) is 20.0 Å². The van der Waals surface area contributed by atoms with Crippen molar-refractivity contribution >= 4 is 34.9 Å². The molecule has 0 unspecified atom stereocenters. The summed E-state index contributed by atoms with van der Waals surface area (Å²) < 4.78 is 1.50. The first-order valence-corrected chi connectivity index (χ1v) is 8.99. The van der Waals surface area contributed by atoms with E-state index >= 15 is 0 Å². The van der Waals surface area contributed by atoms with Crippen molar-refractivity contribution in [3.8, 4) is 0 Å². The average Bonchev–Trinajstić information content (AvgIpc) is 3.09. The van der Waals surface area contributed by atoms with Crippen LogP contribution in [-0.4, -0.2) is 61.5 Å². The molecule has 3 heterocycles. The molecule has 0 radical (unpaired) electrons. The molecule has 1 saturated heterocycles. The lowest BCUT2D eigenvalue weighted by Gasteiger charge is -2.34. The summed E-state index contributed by atoms with van der Waals surface area (Å²) in [6.45, 7) is 3.34. The van der Waals surface area contributed by atoms with Gasteiger partial charge in [0.2, 0.25) is 5.82 Å².